The van der Waals surface area contributed by atoms with Gasteiger partial charge in [-0.3, -0.25) is 0 Å². The van der Waals surface area contributed by atoms with Crippen molar-refractivity contribution in [2.24, 2.45) is 22.7 Å². The molecule has 2 aliphatic carbocycles. The zero-order chi connectivity index (χ0) is 16.6. The van der Waals surface area contributed by atoms with Gasteiger partial charge in [-0.25, -0.2) is 0 Å². The van der Waals surface area contributed by atoms with Crippen LogP contribution in [0.3, 0.4) is 0 Å². The molecule has 2 saturated carbocycles. The summed E-state index contributed by atoms with van der Waals surface area (Å²) in [5, 5.41) is 21.4. The normalized spacial score (nSPS) is 43.0. The van der Waals surface area contributed by atoms with E-state index in [4.69, 9.17) is 4.74 Å². The van der Waals surface area contributed by atoms with E-state index < -0.39 is 5.60 Å². The number of hydrogen-bond donors (Lipinski definition) is 2. The third-order valence-corrected chi connectivity index (χ3v) is 6.43. The molecule has 2 N–H and O–H groups in total. The maximum absolute atomic E-state index is 10.7. The van der Waals surface area contributed by atoms with Crippen LogP contribution in [0.5, 0.6) is 0 Å². The fraction of sp³-hybridized carbons (Fsp3) is 1.00. The Morgan fingerprint density at radius 1 is 1.18 bits per heavy atom. The number of methoxy groups -OCH3 is 1. The first-order valence-corrected chi connectivity index (χ1v) is 8.99. The standard InChI is InChI=1S/C19H36O3/c1-17(2,3)9-8-15-16(20)7-6-14-12-19(21,13-22-5)11-10-18(14,15)4/h14-16,20-21H,6-13H2,1-5H3/t14-,15?,16-,18+,19-/m1/s1. The summed E-state index contributed by atoms with van der Waals surface area (Å²) in [6.07, 6.45) is 6.64. The van der Waals surface area contributed by atoms with Crippen molar-refractivity contribution in [3.05, 3.63) is 0 Å². The zero-order valence-corrected chi connectivity index (χ0v) is 15.2. The highest BCUT2D eigenvalue weighted by Crippen LogP contribution is 2.57. The number of ether oxygens (including phenoxy) is 1. The summed E-state index contributed by atoms with van der Waals surface area (Å²) < 4.78 is 5.24. The lowest BCUT2D eigenvalue weighted by Gasteiger charge is -2.56. The first-order valence-electron chi connectivity index (χ1n) is 8.99. The Kier molecular flexibility index (Phi) is 5.31. The average molecular weight is 312 g/mol. The largest absolute Gasteiger partial charge is 0.393 e. The predicted octanol–water partition coefficient (Wildman–Crippen LogP) is 3.77. The Balaban J connectivity index is 2.11. The van der Waals surface area contributed by atoms with E-state index in [1.54, 1.807) is 7.11 Å². The summed E-state index contributed by atoms with van der Waals surface area (Å²) in [7, 11) is 1.67. The van der Waals surface area contributed by atoms with Crippen LogP contribution in [-0.2, 0) is 4.74 Å². The molecule has 3 nitrogen and oxygen atoms in total. The molecule has 0 radical (unpaired) electrons. The smallest absolute Gasteiger partial charge is 0.0883 e. The number of rotatable bonds is 4. The van der Waals surface area contributed by atoms with Gasteiger partial charge in [-0.05, 0) is 67.6 Å². The minimum absolute atomic E-state index is 0.169. The van der Waals surface area contributed by atoms with Crippen molar-refractivity contribution in [2.75, 3.05) is 13.7 Å². The minimum Gasteiger partial charge on any atom is -0.393 e. The van der Waals surface area contributed by atoms with Crippen LogP contribution in [0.1, 0.15) is 72.6 Å². The van der Waals surface area contributed by atoms with Crippen LogP contribution in [0, 0.1) is 22.7 Å². The highest BCUT2D eigenvalue weighted by Gasteiger charge is 2.53. The second-order valence-electron chi connectivity index (χ2n) is 9.41. The molecule has 0 amide bonds. The van der Waals surface area contributed by atoms with Crippen LogP contribution < -0.4 is 0 Å². The first-order chi connectivity index (χ1) is 10.1. The molecule has 0 saturated heterocycles. The molecule has 3 heteroatoms. The predicted molar refractivity (Wildman–Crippen MR) is 89.7 cm³/mol. The quantitative estimate of drug-likeness (QED) is 0.831. The van der Waals surface area contributed by atoms with Crippen LogP contribution in [0.4, 0.5) is 0 Å². The van der Waals surface area contributed by atoms with E-state index in [9.17, 15) is 10.2 Å². The van der Waals surface area contributed by atoms with Gasteiger partial charge in [0.1, 0.15) is 0 Å². The summed E-state index contributed by atoms with van der Waals surface area (Å²) in [5.74, 6) is 0.882. The summed E-state index contributed by atoms with van der Waals surface area (Å²) >= 11 is 0. The molecule has 2 rings (SSSR count). The molecule has 0 aliphatic heterocycles. The average Bonchev–Trinajstić information content (AvgIpc) is 2.38. The van der Waals surface area contributed by atoms with Gasteiger partial charge in [-0.15, -0.1) is 0 Å². The van der Waals surface area contributed by atoms with E-state index in [0.717, 1.165) is 44.9 Å². The molecule has 2 aliphatic rings. The van der Waals surface area contributed by atoms with Crippen molar-refractivity contribution in [3.63, 3.8) is 0 Å². The number of aliphatic hydroxyl groups is 2. The Labute approximate surface area is 136 Å². The van der Waals surface area contributed by atoms with Crippen molar-refractivity contribution in [1.82, 2.24) is 0 Å². The van der Waals surface area contributed by atoms with Crippen molar-refractivity contribution in [3.8, 4) is 0 Å². The Hall–Kier alpha value is -0.120. The molecule has 130 valence electrons. The van der Waals surface area contributed by atoms with Gasteiger partial charge in [0.25, 0.3) is 0 Å². The monoisotopic (exact) mass is 312 g/mol. The van der Waals surface area contributed by atoms with E-state index in [0.29, 0.717) is 23.9 Å². The molecule has 0 bridgehead atoms. The Morgan fingerprint density at radius 2 is 1.86 bits per heavy atom. The van der Waals surface area contributed by atoms with E-state index in [1.807, 2.05) is 0 Å². The minimum atomic E-state index is -0.657. The molecular formula is C19H36O3. The molecule has 0 heterocycles. The second-order valence-corrected chi connectivity index (χ2v) is 9.41. The Bertz CT molecular complexity index is 375. The van der Waals surface area contributed by atoms with E-state index >= 15 is 0 Å². The lowest BCUT2D eigenvalue weighted by molar-refractivity contribution is -0.152. The molecule has 22 heavy (non-hydrogen) atoms. The SMILES string of the molecule is COC[C@@]1(O)CC[C@]2(C)C(CCC(C)(C)C)[C@H](O)CC[C@@H]2C1. The highest BCUT2D eigenvalue weighted by atomic mass is 16.5. The molecule has 0 spiro atoms. The summed E-state index contributed by atoms with van der Waals surface area (Å²) in [6.45, 7) is 9.63. The molecule has 1 unspecified atom stereocenters. The summed E-state index contributed by atoms with van der Waals surface area (Å²) in [5.41, 5.74) is -0.173. The number of fused-ring (bicyclic) bond motifs is 1. The van der Waals surface area contributed by atoms with Crippen molar-refractivity contribution in [1.29, 1.82) is 0 Å². The summed E-state index contributed by atoms with van der Waals surface area (Å²) in [4.78, 5) is 0. The second kappa shape index (κ2) is 6.41. The van der Waals surface area contributed by atoms with E-state index in [1.165, 1.54) is 0 Å². The van der Waals surface area contributed by atoms with Crippen molar-refractivity contribution in [2.45, 2.75) is 84.3 Å². The van der Waals surface area contributed by atoms with Gasteiger partial charge in [0.15, 0.2) is 0 Å². The molecule has 0 aromatic rings. The molecule has 0 aromatic heterocycles. The van der Waals surface area contributed by atoms with Crippen LogP contribution in [0.15, 0.2) is 0 Å². The fourth-order valence-corrected chi connectivity index (χ4v) is 4.94. The van der Waals surface area contributed by atoms with Crippen LogP contribution in [-0.4, -0.2) is 35.6 Å². The third kappa shape index (κ3) is 3.85. The molecule has 0 aromatic carbocycles. The first kappa shape index (κ1) is 18.2. The van der Waals surface area contributed by atoms with Gasteiger partial charge < -0.3 is 14.9 Å². The van der Waals surface area contributed by atoms with Gasteiger partial charge in [0.05, 0.1) is 18.3 Å². The van der Waals surface area contributed by atoms with Gasteiger partial charge in [0.2, 0.25) is 0 Å². The zero-order valence-electron chi connectivity index (χ0n) is 15.2. The van der Waals surface area contributed by atoms with Crippen molar-refractivity contribution < 1.29 is 14.9 Å². The molecular weight excluding hydrogens is 276 g/mol. The van der Waals surface area contributed by atoms with Gasteiger partial charge in [-0.1, -0.05) is 27.7 Å². The van der Waals surface area contributed by atoms with Gasteiger partial charge in [0, 0.05) is 7.11 Å². The van der Waals surface area contributed by atoms with Gasteiger partial charge >= 0.3 is 0 Å². The maximum atomic E-state index is 10.7. The molecule has 2 fully saturated rings. The fourth-order valence-electron chi connectivity index (χ4n) is 4.94. The maximum Gasteiger partial charge on any atom is 0.0883 e. The lowest BCUT2D eigenvalue weighted by Crippen LogP contribution is -2.54. The summed E-state index contributed by atoms with van der Waals surface area (Å²) in [6, 6.07) is 0. The lowest BCUT2D eigenvalue weighted by atomic mass is 9.51. The van der Waals surface area contributed by atoms with Crippen LogP contribution in [0.2, 0.25) is 0 Å². The topological polar surface area (TPSA) is 49.7 Å². The van der Waals surface area contributed by atoms with E-state index in [2.05, 4.69) is 27.7 Å². The highest BCUT2D eigenvalue weighted by molar-refractivity contribution is 5.03. The van der Waals surface area contributed by atoms with Gasteiger partial charge in [-0.2, -0.15) is 0 Å². The molecule has 5 atom stereocenters. The number of aliphatic hydroxyl groups excluding tert-OH is 1. The third-order valence-electron chi connectivity index (χ3n) is 6.43. The van der Waals surface area contributed by atoms with E-state index in [-0.39, 0.29) is 11.5 Å². The number of hydrogen-bond acceptors (Lipinski definition) is 3. The Morgan fingerprint density at radius 3 is 2.45 bits per heavy atom. The van der Waals surface area contributed by atoms with Crippen LogP contribution in [0.25, 0.3) is 0 Å². The van der Waals surface area contributed by atoms with Crippen LogP contribution >= 0.6 is 0 Å². The van der Waals surface area contributed by atoms with Crippen molar-refractivity contribution >= 4 is 0 Å².